The molecule has 0 bridgehead atoms. The summed E-state index contributed by atoms with van der Waals surface area (Å²) in [5, 5.41) is 2.47. The highest BCUT2D eigenvalue weighted by atomic mass is 16.2. The first-order chi connectivity index (χ1) is 7.66. The number of carbonyl (C=O) groups excluding carboxylic acids is 2. The van der Waals surface area contributed by atoms with Crippen LogP contribution in [0.4, 0.5) is 0 Å². The van der Waals surface area contributed by atoms with Crippen molar-refractivity contribution in [2.24, 2.45) is 11.3 Å². The van der Waals surface area contributed by atoms with Crippen molar-refractivity contribution in [2.45, 2.75) is 58.3 Å². The van der Waals surface area contributed by atoms with Crippen molar-refractivity contribution in [3.8, 4) is 0 Å². The zero-order valence-electron chi connectivity index (χ0n) is 10.1. The summed E-state index contributed by atoms with van der Waals surface area (Å²) in [6.45, 7) is 2.21. The molecule has 1 heterocycles. The van der Waals surface area contributed by atoms with Crippen LogP contribution in [0.15, 0.2) is 0 Å². The molecule has 1 saturated heterocycles. The molecule has 0 radical (unpaired) electrons. The van der Waals surface area contributed by atoms with Gasteiger partial charge in [0.25, 0.3) is 0 Å². The van der Waals surface area contributed by atoms with Gasteiger partial charge in [-0.3, -0.25) is 14.9 Å². The molecule has 1 aliphatic heterocycles. The summed E-state index contributed by atoms with van der Waals surface area (Å²) in [5.41, 5.74) is -0.334. The predicted molar refractivity (Wildman–Crippen MR) is 61.7 cm³/mol. The molecule has 3 heteroatoms. The summed E-state index contributed by atoms with van der Waals surface area (Å²) in [6, 6.07) is 0. The molecule has 0 aromatic carbocycles. The summed E-state index contributed by atoms with van der Waals surface area (Å²) in [6.07, 6.45) is 8.20. The van der Waals surface area contributed by atoms with Gasteiger partial charge < -0.3 is 0 Å². The molecule has 3 nitrogen and oxygen atoms in total. The average molecular weight is 223 g/mol. The molecule has 16 heavy (non-hydrogen) atoms. The number of carbonyl (C=O) groups is 2. The van der Waals surface area contributed by atoms with Crippen LogP contribution in [0, 0.1) is 11.3 Å². The summed E-state index contributed by atoms with van der Waals surface area (Å²) in [7, 11) is 0. The second-order valence-corrected chi connectivity index (χ2v) is 5.42. The topological polar surface area (TPSA) is 46.2 Å². The highest BCUT2D eigenvalue weighted by molar-refractivity contribution is 6.05. The lowest BCUT2D eigenvalue weighted by molar-refractivity contribution is -0.129. The van der Waals surface area contributed by atoms with Crippen molar-refractivity contribution in [3.05, 3.63) is 0 Å². The molecule has 90 valence electrons. The molecule has 2 unspecified atom stereocenters. The average Bonchev–Trinajstić information content (AvgIpc) is 2.41. The minimum Gasteiger partial charge on any atom is -0.296 e. The number of hydrogen-bond donors (Lipinski definition) is 1. The van der Waals surface area contributed by atoms with Gasteiger partial charge in [-0.2, -0.15) is 0 Å². The quantitative estimate of drug-likeness (QED) is 0.731. The molecule has 1 aliphatic carbocycles. The molecule has 2 amide bonds. The van der Waals surface area contributed by atoms with Crippen molar-refractivity contribution >= 4 is 11.8 Å². The Hall–Kier alpha value is -0.860. The maximum Gasteiger partial charge on any atom is 0.233 e. The Morgan fingerprint density at radius 2 is 2.12 bits per heavy atom. The van der Waals surface area contributed by atoms with E-state index < -0.39 is 0 Å². The lowest BCUT2D eigenvalue weighted by atomic mass is 9.78. The van der Waals surface area contributed by atoms with Gasteiger partial charge in [0.2, 0.25) is 11.8 Å². The lowest BCUT2D eigenvalue weighted by Gasteiger charge is -2.22. The monoisotopic (exact) mass is 223 g/mol. The fourth-order valence-corrected chi connectivity index (χ4v) is 3.27. The third kappa shape index (κ3) is 2.13. The molecule has 2 aliphatic rings. The fourth-order valence-electron chi connectivity index (χ4n) is 3.27. The van der Waals surface area contributed by atoms with E-state index >= 15 is 0 Å². The molecule has 1 spiro atoms. The van der Waals surface area contributed by atoms with Crippen molar-refractivity contribution in [1.82, 2.24) is 5.32 Å². The van der Waals surface area contributed by atoms with Gasteiger partial charge >= 0.3 is 0 Å². The summed E-state index contributed by atoms with van der Waals surface area (Å²) < 4.78 is 0. The molecule has 1 saturated carbocycles. The normalized spacial score (nSPS) is 35.2. The molecular formula is C13H21NO2. The Morgan fingerprint density at radius 1 is 1.31 bits per heavy atom. The molecule has 0 aromatic heterocycles. The number of nitrogens with one attached hydrogen (secondary N) is 1. The first kappa shape index (κ1) is 11.6. The minimum atomic E-state index is -0.334. The Bertz CT molecular complexity index is 300. The van der Waals surface area contributed by atoms with Gasteiger partial charge in [0.1, 0.15) is 0 Å². The largest absolute Gasteiger partial charge is 0.296 e. The van der Waals surface area contributed by atoms with Crippen LogP contribution < -0.4 is 5.32 Å². The Kier molecular flexibility index (Phi) is 3.31. The number of rotatable bonds is 2. The van der Waals surface area contributed by atoms with E-state index in [-0.39, 0.29) is 17.2 Å². The Morgan fingerprint density at radius 3 is 2.75 bits per heavy atom. The first-order valence-corrected chi connectivity index (χ1v) is 6.50. The summed E-state index contributed by atoms with van der Waals surface area (Å²) in [4.78, 5) is 23.2. The van der Waals surface area contributed by atoms with E-state index in [0.717, 1.165) is 31.6 Å². The van der Waals surface area contributed by atoms with E-state index in [1.165, 1.54) is 19.3 Å². The van der Waals surface area contributed by atoms with Crippen LogP contribution in [-0.2, 0) is 9.59 Å². The fraction of sp³-hybridized carbons (Fsp3) is 0.846. The van der Waals surface area contributed by atoms with Crippen LogP contribution in [0.25, 0.3) is 0 Å². The van der Waals surface area contributed by atoms with Crippen molar-refractivity contribution in [2.75, 3.05) is 0 Å². The van der Waals surface area contributed by atoms with Crippen molar-refractivity contribution < 1.29 is 9.59 Å². The van der Waals surface area contributed by atoms with Crippen LogP contribution in [0.1, 0.15) is 58.3 Å². The third-order valence-electron chi connectivity index (χ3n) is 4.23. The molecule has 1 N–H and O–H groups in total. The SMILES string of the molecule is CCCC1CCCC2(CC1)CC(=O)NC2=O. The number of imide groups is 1. The molecule has 2 fully saturated rings. The third-order valence-corrected chi connectivity index (χ3v) is 4.23. The van der Waals surface area contributed by atoms with Crippen LogP contribution >= 0.6 is 0 Å². The van der Waals surface area contributed by atoms with Gasteiger partial charge in [-0.1, -0.05) is 32.6 Å². The van der Waals surface area contributed by atoms with Gasteiger partial charge in [-0.25, -0.2) is 0 Å². The van der Waals surface area contributed by atoms with Crippen molar-refractivity contribution in [3.63, 3.8) is 0 Å². The minimum absolute atomic E-state index is 0.00496. The zero-order chi connectivity index (χ0) is 11.6. The van der Waals surface area contributed by atoms with Gasteiger partial charge in [0.05, 0.1) is 5.41 Å². The number of hydrogen-bond acceptors (Lipinski definition) is 2. The van der Waals surface area contributed by atoms with E-state index in [1.54, 1.807) is 0 Å². The molecular weight excluding hydrogens is 202 g/mol. The second kappa shape index (κ2) is 4.56. The van der Waals surface area contributed by atoms with E-state index in [2.05, 4.69) is 12.2 Å². The Balaban J connectivity index is 2.02. The lowest BCUT2D eigenvalue weighted by Crippen LogP contribution is -2.31. The molecule has 2 atom stereocenters. The van der Waals surface area contributed by atoms with Gasteiger partial charge in [-0.05, 0) is 25.2 Å². The zero-order valence-corrected chi connectivity index (χ0v) is 10.1. The van der Waals surface area contributed by atoms with Gasteiger partial charge in [-0.15, -0.1) is 0 Å². The first-order valence-electron chi connectivity index (χ1n) is 6.50. The highest BCUT2D eigenvalue weighted by Gasteiger charge is 2.46. The summed E-state index contributed by atoms with van der Waals surface area (Å²) in [5.74, 6) is 0.696. The van der Waals surface area contributed by atoms with Crippen LogP contribution in [0.3, 0.4) is 0 Å². The van der Waals surface area contributed by atoms with Crippen molar-refractivity contribution in [1.29, 1.82) is 0 Å². The maximum atomic E-state index is 11.8. The second-order valence-electron chi connectivity index (χ2n) is 5.42. The Labute approximate surface area is 97.0 Å². The smallest absolute Gasteiger partial charge is 0.233 e. The van der Waals surface area contributed by atoms with Crippen LogP contribution in [0.2, 0.25) is 0 Å². The molecule has 2 rings (SSSR count). The van der Waals surface area contributed by atoms with Gasteiger partial charge in [0, 0.05) is 6.42 Å². The highest BCUT2D eigenvalue weighted by Crippen LogP contribution is 2.43. The van der Waals surface area contributed by atoms with E-state index in [0.29, 0.717) is 6.42 Å². The summed E-state index contributed by atoms with van der Waals surface area (Å²) >= 11 is 0. The van der Waals surface area contributed by atoms with Crippen LogP contribution in [0.5, 0.6) is 0 Å². The van der Waals surface area contributed by atoms with E-state index in [1.807, 2.05) is 0 Å². The molecule has 0 aromatic rings. The predicted octanol–water partition coefficient (Wildman–Crippen LogP) is 2.40. The van der Waals surface area contributed by atoms with E-state index in [9.17, 15) is 9.59 Å². The maximum absolute atomic E-state index is 11.8. The van der Waals surface area contributed by atoms with E-state index in [4.69, 9.17) is 0 Å². The standard InChI is InChI=1S/C13H21NO2/c1-2-4-10-5-3-7-13(8-6-10)9-11(15)14-12(13)16/h10H,2-9H2,1H3,(H,14,15,16). The number of amides is 2. The van der Waals surface area contributed by atoms with Crippen LogP contribution in [-0.4, -0.2) is 11.8 Å². The van der Waals surface area contributed by atoms with Gasteiger partial charge in [0.15, 0.2) is 0 Å².